The minimum atomic E-state index is 0.0966. The van der Waals surface area contributed by atoms with E-state index in [1.54, 1.807) is 0 Å². The molecule has 0 saturated heterocycles. The molecule has 102 valence electrons. The molecule has 1 atom stereocenters. The lowest BCUT2D eigenvalue weighted by molar-refractivity contribution is 0.334. The van der Waals surface area contributed by atoms with Crippen LogP contribution in [0.4, 0.5) is 0 Å². The molecule has 0 bridgehead atoms. The Bertz CT molecular complexity index is 404. The van der Waals surface area contributed by atoms with Crippen LogP contribution in [0.1, 0.15) is 56.8 Å². The van der Waals surface area contributed by atoms with Crippen LogP contribution < -0.4 is 10.5 Å². The van der Waals surface area contributed by atoms with E-state index in [0.29, 0.717) is 6.61 Å². The highest BCUT2D eigenvalue weighted by atomic mass is 16.5. The Morgan fingerprint density at radius 3 is 2.28 bits per heavy atom. The van der Waals surface area contributed by atoms with Crippen LogP contribution in [-0.4, -0.2) is 6.61 Å². The summed E-state index contributed by atoms with van der Waals surface area (Å²) in [6.45, 7) is 13.6. The first-order valence-corrected chi connectivity index (χ1v) is 6.74. The van der Waals surface area contributed by atoms with Crippen molar-refractivity contribution in [1.29, 1.82) is 0 Å². The van der Waals surface area contributed by atoms with Crippen LogP contribution in [0.5, 0.6) is 5.75 Å². The van der Waals surface area contributed by atoms with Gasteiger partial charge in [-0.15, -0.1) is 0 Å². The third-order valence-electron chi connectivity index (χ3n) is 3.10. The quantitative estimate of drug-likeness (QED) is 0.870. The summed E-state index contributed by atoms with van der Waals surface area (Å²) >= 11 is 0. The highest BCUT2D eigenvalue weighted by Crippen LogP contribution is 2.32. The molecule has 18 heavy (non-hydrogen) atoms. The summed E-state index contributed by atoms with van der Waals surface area (Å²) in [4.78, 5) is 0. The fourth-order valence-electron chi connectivity index (χ4n) is 2.29. The van der Waals surface area contributed by atoms with Crippen molar-refractivity contribution in [3.63, 3.8) is 0 Å². The summed E-state index contributed by atoms with van der Waals surface area (Å²) in [7, 11) is 0. The Hall–Kier alpha value is -1.02. The first-order chi connectivity index (χ1) is 8.24. The topological polar surface area (TPSA) is 35.2 Å². The molecule has 2 nitrogen and oxygen atoms in total. The molecule has 1 aromatic carbocycles. The zero-order valence-electron chi connectivity index (χ0n) is 12.6. The summed E-state index contributed by atoms with van der Waals surface area (Å²) < 4.78 is 5.61. The fraction of sp³-hybridized carbons (Fsp3) is 0.625. The SMILES string of the molecule is CCOc1cc(C)c(C(N)CC(C)(C)C)cc1C. The van der Waals surface area contributed by atoms with Gasteiger partial charge in [-0.25, -0.2) is 0 Å². The second-order valence-electron chi connectivity index (χ2n) is 6.28. The first kappa shape index (κ1) is 15.0. The first-order valence-electron chi connectivity index (χ1n) is 6.74. The van der Waals surface area contributed by atoms with Gasteiger partial charge in [0.2, 0.25) is 0 Å². The van der Waals surface area contributed by atoms with Crippen LogP contribution in [0.25, 0.3) is 0 Å². The number of nitrogens with two attached hydrogens (primary N) is 1. The molecule has 2 heteroatoms. The number of hydrogen-bond donors (Lipinski definition) is 1. The van der Waals surface area contributed by atoms with Crippen molar-refractivity contribution in [2.24, 2.45) is 11.1 Å². The molecule has 0 aromatic heterocycles. The van der Waals surface area contributed by atoms with Gasteiger partial charge >= 0.3 is 0 Å². The van der Waals surface area contributed by atoms with Crippen molar-refractivity contribution < 1.29 is 4.74 Å². The Morgan fingerprint density at radius 2 is 1.78 bits per heavy atom. The van der Waals surface area contributed by atoms with E-state index in [0.717, 1.165) is 12.2 Å². The van der Waals surface area contributed by atoms with Gasteiger partial charge in [0.25, 0.3) is 0 Å². The minimum Gasteiger partial charge on any atom is -0.494 e. The normalized spacial score (nSPS) is 13.5. The van der Waals surface area contributed by atoms with Crippen molar-refractivity contribution >= 4 is 0 Å². The lowest BCUT2D eigenvalue weighted by Crippen LogP contribution is -2.19. The molecule has 0 amide bonds. The van der Waals surface area contributed by atoms with Crippen LogP contribution in [0, 0.1) is 19.3 Å². The molecule has 0 heterocycles. The summed E-state index contributed by atoms with van der Waals surface area (Å²) in [6, 6.07) is 4.38. The molecule has 0 aliphatic rings. The number of aryl methyl sites for hydroxylation is 2. The maximum Gasteiger partial charge on any atom is 0.122 e. The number of hydrogen-bond acceptors (Lipinski definition) is 2. The van der Waals surface area contributed by atoms with E-state index in [1.807, 2.05) is 6.92 Å². The highest BCUT2D eigenvalue weighted by molar-refractivity contribution is 5.42. The predicted octanol–water partition coefficient (Wildman–Crippen LogP) is 4.14. The zero-order chi connectivity index (χ0) is 13.9. The molecular weight excluding hydrogens is 222 g/mol. The van der Waals surface area contributed by atoms with Gasteiger partial charge in [-0.05, 0) is 55.4 Å². The van der Waals surface area contributed by atoms with Gasteiger partial charge in [-0.1, -0.05) is 26.8 Å². The van der Waals surface area contributed by atoms with Gasteiger partial charge in [-0.3, -0.25) is 0 Å². The lowest BCUT2D eigenvalue weighted by Gasteiger charge is -2.25. The molecule has 0 aliphatic carbocycles. The lowest BCUT2D eigenvalue weighted by atomic mass is 9.84. The van der Waals surface area contributed by atoms with Crippen molar-refractivity contribution in [3.05, 3.63) is 28.8 Å². The third-order valence-corrected chi connectivity index (χ3v) is 3.10. The van der Waals surface area contributed by atoms with Gasteiger partial charge < -0.3 is 10.5 Å². The molecule has 0 fully saturated rings. The van der Waals surface area contributed by atoms with Gasteiger partial charge in [0.1, 0.15) is 5.75 Å². The van der Waals surface area contributed by atoms with Crippen LogP contribution in [-0.2, 0) is 0 Å². The molecule has 1 unspecified atom stereocenters. The van der Waals surface area contributed by atoms with Crippen LogP contribution >= 0.6 is 0 Å². The average Bonchev–Trinajstić information content (AvgIpc) is 2.20. The number of ether oxygens (including phenoxy) is 1. The monoisotopic (exact) mass is 249 g/mol. The van der Waals surface area contributed by atoms with Gasteiger partial charge in [0.15, 0.2) is 0 Å². The van der Waals surface area contributed by atoms with E-state index in [2.05, 4.69) is 46.8 Å². The maximum absolute atomic E-state index is 6.33. The number of benzene rings is 1. The summed E-state index contributed by atoms with van der Waals surface area (Å²) in [5.41, 5.74) is 10.2. The smallest absolute Gasteiger partial charge is 0.122 e. The Balaban J connectivity index is 3.00. The van der Waals surface area contributed by atoms with Gasteiger partial charge in [-0.2, -0.15) is 0 Å². The van der Waals surface area contributed by atoms with E-state index in [9.17, 15) is 0 Å². The zero-order valence-corrected chi connectivity index (χ0v) is 12.6. The van der Waals surface area contributed by atoms with Gasteiger partial charge in [0.05, 0.1) is 6.61 Å². The molecule has 0 aliphatic heterocycles. The molecular formula is C16H27NO. The fourth-order valence-corrected chi connectivity index (χ4v) is 2.29. The molecule has 0 spiro atoms. The standard InChI is InChI=1S/C16H27NO/c1-7-18-15-9-11(2)13(8-12(15)3)14(17)10-16(4,5)6/h8-9,14H,7,10,17H2,1-6H3. The van der Waals surface area contributed by atoms with Crippen molar-refractivity contribution in [3.8, 4) is 5.75 Å². The highest BCUT2D eigenvalue weighted by Gasteiger charge is 2.19. The molecule has 0 radical (unpaired) electrons. The Labute approximate surface area is 112 Å². The van der Waals surface area contributed by atoms with E-state index < -0.39 is 0 Å². The second-order valence-corrected chi connectivity index (χ2v) is 6.28. The van der Waals surface area contributed by atoms with Crippen LogP contribution in [0.3, 0.4) is 0 Å². The third kappa shape index (κ3) is 4.02. The van der Waals surface area contributed by atoms with E-state index in [1.165, 1.54) is 16.7 Å². The maximum atomic E-state index is 6.33. The van der Waals surface area contributed by atoms with Crippen molar-refractivity contribution in [2.45, 2.75) is 54.0 Å². The summed E-state index contributed by atoms with van der Waals surface area (Å²) in [5.74, 6) is 0.974. The van der Waals surface area contributed by atoms with Gasteiger partial charge in [0, 0.05) is 6.04 Å². The average molecular weight is 249 g/mol. The van der Waals surface area contributed by atoms with E-state index >= 15 is 0 Å². The van der Waals surface area contributed by atoms with Crippen LogP contribution in [0.2, 0.25) is 0 Å². The summed E-state index contributed by atoms with van der Waals surface area (Å²) in [5, 5.41) is 0. The molecule has 1 rings (SSSR count). The Morgan fingerprint density at radius 1 is 1.17 bits per heavy atom. The van der Waals surface area contributed by atoms with Crippen molar-refractivity contribution in [2.75, 3.05) is 6.61 Å². The largest absolute Gasteiger partial charge is 0.494 e. The molecule has 0 saturated carbocycles. The van der Waals surface area contributed by atoms with Crippen LogP contribution in [0.15, 0.2) is 12.1 Å². The molecule has 1 aromatic rings. The molecule has 2 N–H and O–H groups in total. The second kappa shape index (κ2) is 5.75. The number of rotatable bonds is 4. The minimum absolute atomic E-state index is 0.0966. The van der Waals surface area contributed by atoms with E-state index in [4.69, 9.17) is 10.5 Å². The Kier molecular flexibility index (Phi) is 4.80. The predicted molar refractivity (Wildman–Crippen MR) is 78.1 cm³/mol. The van der Waals surface area contributed by atoms with Crippen molar-refractivity contribution in [1.82, 2.24) is 0 Å². The summed E-state index contributed by atoms with van der Waals surface area (Å²) in [6.07, 6.45) is 0.987. The van der Waals surface area contributed by atoms with E-state index in [-0.39, 0.29) is 11.5 Å².